The highest BCUT2D eigenvalue weighted by Gasteiger charge is 2.12. The molecule has 0 atom stereocenters. The van der Waals surface area contributed by atoms with Crippen LogP contribution in [0.25, 0.3) is 0 Å². The van der Waals surface area contributed by atoms with Gasteiger partial charge in [0.15, 0.2) is 0 Å². The smallest absolute Gasteiger partial charge is 0.309 e. The summed E-state index contributed by atoms with van der Waals surface area (Å²) in [6.45, 7) is 4.70. The zero-order chi connectivity index (χ0) is 13.5. The Hall–Kier alpha value is -1.55. The minimum absolute atomic E-state index is 0.286. The molecule has 0 radical (unpaired) electrons. The SMILES string of the molecule is CC(C)CNC(=O)C(=O)NCc1cccc(Cl)c1. The van der Waals surface area contributed by atoms with Gasteiger partial charge in [0, 0.05) is 18.1 Å². The standard InChI is InChI=1S/C13H17ClN2O2/c1-9(2)7-15-12(17)13(18)16-8-10-4-3-5-11(14)6-10/h3-6,9H,7-8H2,1-2H3,(H,15,17)(H,16,18). The molecule has 0 saturated carbocycles. The number of hydrogen-bond donors (Lipinski definition) is 2. The maximum atomic E-state index is 11.5. The van der Waals surface area contributed by atoms with E-state index >= 15 is 0 Å². The van der Waals surface area contributed by atoms with Crippen molar-refractivity contribution in [2.75, 3.05) is 6.54 Å². The molecule has 0 aliphatic rings. The van der Waals surface area contributed by atoms with Crippen LogP contribution in [0.4, 0.5) is 0 Å². The van der Waals surface area contributed by atoms with E-state index in [2.05, 4.69) is 10.6 Å². The summed E-state index contributed by atoms with van der Waals surface area (Å²) in [6.07, 6.45) is 0. The van der Waals surface area contributed by atoms with Gasteiger partial charge < -0.3 is 10.6 Å². The summed E-state index contributed by atoms with van der Waals surface area (Å²) in [5.41, 5.74) is 0.854. The second-order valence-corrected chi connectivity index (χ2v) is 4.85. The summed E-state index contributed by atoms with van der Waals surface area (Å²) in [4.78, 5) is 22.8. The van der Waals surface area contributed by atoms with Crippen LogP contribution >= 0.6 is 11.6 Å². The molecule has 5 heteroatoms. The molecule has 1 aromatic carbocycles. The summed E-state index contributed by atoms with van der Waals surface area (Å²) in [5.74, 6) is -0.920. The minimum atomic E-state index is -0.629. The van der Waals surface area contributed by atoms with Gasteiger partial charge in [-0.1, -0.05) is 37.6 Å². The van der Waals surface area contributed by atoms with Crippen molar-refractivity contribution in [2.45, 2.75) is 20.4 Å². The monoisotopic (exact) mass is 268 g/mol. The quantitative estimate of drug-likeness (QED) is 0.817. The third kappa shape index (κ3) is 5.19. The average molecular weight is 269 g/mol. The number of carbonyl (C=O) groups is 2. The highest BCUT2D eigenvalue weighted by Crippen LogP contribution is 2.10. The molecular formula is C13H17ClN2O2. The van der Waals surface area contributed by atoms with Gasteiger partial charge in [-0.25, -0.2) is 0 Å². The normalized spacial score (nSPS) is 10.2. The molecule has 1 rings (SSSR count). The maximum absolute atomic E-state index is 11.5. The third-order valence-corrected chi connectivity index (χ3v) is 2.45. The molecule has 1 aromatic rings. The number of benzene rings is 1. The van der Waals surface area contributed by atoms with Crippen molar-refractivity contribution < 1.29 is 9.59 Å². The van der Waals surface area contributed by atoms with E-state index in [4.69, 9.17) is 11.6 Å². The first-order chi connectivity index (χ1) is 8.49. The van der Waals surface area contributed by atoms with Crippen molar-refractivity contribution in [3.63, 3.8) is 0 Å². The van der Waals surface area contributed by atoms with Crippen LogP contribution in [-0.2, 0) is 16.1 Å². The Morgan fingerprint density at radius 3 is 2.50 bits per heavy atom. The summed E-state index contributed by atoms with van der Waals surface area (Å²) < 4.78 is 0. The van der Waals surface area contributed by atoms with Gasteiger partial charge in [0.2, 0.25) is 0 Å². The Kier molecular flexibility index (Phi) is 5.65. The third-order valence-electron chi connectivity index (χ3n) is 2.22. The molecule has 0 spiro atoms. The van der Waals surface area contributed by atoms with Crippen LogP contribution in [0.2, 0.25) is 5.02 Å². The fourth-order valence-electron chi connectivity index (χ4n) is 1.29. The van der Waals surface area contributed by atoms with Gasteiger partial charge in [-0.15, -0.1) is 0 Å². The van der Waals surface area contributed by atoms with Crippen LogP contribution in [0.15, 0.2) is 24.3 Å². The lowest BCUT2D eigenvalue weighted by Crippen LogP contribution is -2.40. The Morgan fingerprint density at radius 2 is 1.89 bits per heavy atom. The largest absolute Gasteiger partial charge is 0.348 e. The lowest BCUT2D eigenvalue weighted by atomic mass is 10.2. The van der Waals surface area contributed by atoms with Gasteiger partial charge in [0.05, 0.1) is 0 Å². The van der Waals surface area contributed by atoms with Gasteiger partial charge in [-0.05, 0) is 23.6 Å². The molecule has 0 aromatic heterocycles. The van der Waals surface area contributed by atoms with Gasteiger partial charge in [-0.3, -0.25) is 9.59 Å². The van der Waals surface area contributed by atoms with E-state index in [0.717, 1.165) is 5.56 Å². The molecule has 0 fully saturated rings. The zero-order valence-corrected chi connectivity index (χ0v) is 11.3. The Labute approximate surface area is 112 Å². The van der Waals surface area contributed by atoms with Crippen molar-refractivity contribution in [1.82, 2.24) is 10.6 Å². The summed E-state index contributed by atoms with van der Waals surface area (Å²) in [7, 11) is 0. The lowest BCUT2D eigenvalue weighted by molar-refractivity contribution is -0.139. The van der Waals surface area contributed by atoms with Gasteiger partial charge >= 0.3 is 11.8 Å². The number of halogens is 1. The number of amides is 2. The highest BCUT2D eigenvalue weighted by molar-refractivity contribution is 6.35. The second kappa shape index (κ2) is 7.01. The van der Waals surface area contributed by atoms with Crippen molar-refractivity contribution in [3.05, 3.63) is 34.9 Å². The van der Waals surface area contributed by atoms with Crippen LogP contribution in [0.5, 0.6) is 0 Å². The molecule has 0 heterocycles. The maximum Gasteiger partial charge on any atom is 0.309 e. The highest BCUT2D eigenvalue weighted by atomic mass is 35.5. The zero-order valence-electron chi connectivity index (χ0n) is 10.5. The van der Waals surface area contributed by atoms with Gasteiger partial charge in [-0.2, -0.15) is 0 Å². The Balaban J connectivity index is 2.39. The van der Waals surface area contributed by atoms with E-state index in [1.54, 1.807) is 18.2 Å². The van der Waals surface area contributed by atoms with E-state index in [1.807, 2.05) is 19.9 Å². The summed E-state index contributed by atoms with van der Waals surface area (Å²) in [6, 6.07) is 7.12. The first-order valence-electron chi connectivity index (χ1n) is 5.79. The number of nitrogens with one attached hydrogen (secondary N) is 2. The van der Waals surface area contributed by atoms with E-state index in [9.17, 15) is 9.59 Å². The summed E-state index contributed by atoms with van der Waals surface area (Å²) >= 11 is 5.82. The molecule has 2 N–H and O–H groups in total. The summed E-state index contributed by atoms with van der Waals surface area (Å²) in [5, 5.41) is 5.70. The molecule has 18 heavy (non-hydrogen) atoms. The molecule has 0 unspecified atom stereocenters. The van der Waals surface area contributed by atoms with Gasteiger partial charge in [0.25, 0.3) is 0 Å². The Bertz CT molecular complexity index is 433. The molecule has 0 aliphatic heterocycles. The fraction of sp³-hybridized carbons (Fsp3) is 0.385. The minimum Gasteiger partial charge on any atom is -0.348 e. The van der Waals surface area contributed by atoms with Crippen LogP contribution in [-0.4, -0.2) is 18.4 Å². The second-order valence-electron chi connectivity index (χ2n) is 4.42. The van der Waals surface area contributed by atoms with E-state index in [0.29, 0.717) is 17.5 Å². The molecular weight excluding hydrogens is 252 g/mol. The molecule has 0 saturated heterocycles. The van der Waals surface area contributed by atoms with Crippen LogP contribution in [0.1, 0.15) is 19.4 Å². The predicted molar refractivity (Wildman–Crippen MR) is 71.1 cm³/mol. The predicted octanol–water partition coefficient (Wildman–Crippen LogP) is 1.73. The van der Waals surface area contributed by atoms with Crippen molar-refractivity contribution >= 4 is 23.4 Å². The molecule has 98 valence electrons. The van der Waals surface area contributed by atoms with Crippen LogP contribution in [0, 0.1) is 5.92 Å². The Morgan fingerprint density at radius 1 is 1.22 bits per heavy atom. The lowest BCUT2D eigenvalue weighted by Gasteiger charge is -2.08. The van der Waals surface area contributed by atoms with Gasteiger partial charge in [0.1, 0.15) is 0 Å². The van der Waals surface area contributed by atoms with Crippen molar-refractivity contribution in [2.24, 2.45) is 5.92 Å². The van der Waals surface area contributed by atoms with Crippen molar-refractivity contribution in [1.29, 1.82) is 0 Å². The van der Waals surface area contributed by atoms with Crippen LogP contribution < -0.4 is 10.6 Å². The number of rotatable bonds is 4. The molecule has 2 amide bonds. The topological polar surface area (TPSA) is 58.2 Å². The van der Waals surface area contributed by atoms with Crippen LogP contribution in [0.3, 0.4) is 0 Å². The first kappa shape index (κ1) is 14.5. The van der Waals surface area contributed by atoms with Crippen molar-refractivity contribution in [3.8, 4) is 0 Å². The molecule has 4 nitrogen and oxygen atoms in total. The molecule has 0 aliphatic carbocycles. The number of carbonyl (C=O) groups excluding carboxylic acids is 2. The van der Waals surface area contributed by atoms with E-state index in [1.165, 1.54) is 0 Å². The fourth-order valence-corrected chi connectivity index (χ4v) is 1.50. The van der Waals surface area contributed by atoms with E-state index < -0.39 is 11.8 Å². The number of hydrogen-bond acceptors (Lipinski definition) is 2. The van der Waals surface area contributed by atoms with E-state index in [-0.39, 0.29) is 6.54 Å². The first-order valence-corrected chi connectivity index (χ1v) is 6.17. The molecule has 0 bridgehead atoms. The average Bonchev–Trinajstić information content (AvgIpc) is 2.33.